The predicted octanol–water partition coefficient (Wildman–Crippen LogP) is 1.83. The molecule has 0 aliphatic carbocycles. The Morgan fingerprint density at radius 1 is 1.71 bits per heavy atom. The van der Waals surface area contributed by atoms with Gasteiger partial charge in [0.15, 0.2) is 0 Å². The number of hydrogen-bond donors (Lipinski definition) is 1. The molecule has 0 amide bonds. The summed E-state index contributed by atoms with van der Waals surface area (Å²) in [7, 11) is 0. The van der Waals surface area contributed by atoms with E-state index in [1.165, 1.54) is 11.9 Å². The second kappa shape index (κ2) is 2.28. The van der Waals surface area contributed by atoms with E-state index in [2.05, 4.69) is 4.72 Å². The molecule has 0 unspecified atom stereocenters. The Labute approximate surface area is 51.6 Å². The van der Waals surface area contributed by atoms with E-state index in [0.29, 0.717) is 5.16 Å². The van der Waals surface area contributed by atoms with E-state index in [0.717, 1.165) is 0 Å². The summed E-state index contributed by atoms with van der Waals surface area (Å²) >= 11 is 6.97. The molecule has 0 aromatic rings. The summed E-state index contributed by atoms with van der Waals surface area (Å²) in [6, 6.07) is 0. The normalized spacial score (nSPS) is 18.1. The second-order valence-electron chi connectivity index (χ2n) is 1.06. The molecule has 0 saturated carbocycles. The van der Waals surface area contributed by atoms with Crippen LogP contribution >= 0.6 is 23.5 Å². The van der Waals surface area contributed by atoms with Crippen LogP contribution in [0.15, 0.2) is 22.7 Å². The Bertz CT molecular complexity index is 119. The molecule has 1 rings (SSSR count). The molecular formula is C4H4ClNS. The number of rotatable bonds is 0. The van der Waals surface area contributed by atoms with Crippen molar-refractivity contribution < 1.29 is 0 Å². The highest BCUT2D eigenvalue weighted by Gasteiger charge is 1.88. The van der Waals surface area contributed by atoms with E-state index in [4.69, 9.17) is 11.6 Å². The summed E-state index contributed by atoms with van der Waals surface area (Å²) in [4.78, 5) is 0. The van der Waals surface area contributed by atoms with Gasteiger partial charge in [-0.05, 0) is 23.4 Å². The predicted molar refractivity (Wildman–Crippen MR) is 33.8 cm³/mol. The monoisotopic (exact) mass is 133 g/mol. The quantitative estimate of drug-likeness (QED) is 0.400. The van der Waals surface area contributed by atoms with Crippen LogP contribution in [0.4, 0.5) is 0 Å². The topological polar surface area (TPSA) is 12.0 Å². The summed E-state index contributed by atoms with van der Waals surface area (Å²) in [6.45, 7) is 0. The molecule has 0 atom stereocenters. The van der Waals surface area contributed by atoms with Crippen LogP contribution in [0, 0.1) is 0 Å². The third kappa shape index (κ3) is 1.45. The highest BCUT2D eigenvalue weighted by atomic mass is 35.5. The van der Waals surface area contributed by atoms with Gasteiger partial charge in [0.25, 0.3) is 0 Å². The van der Waals surface area contributed by atoms with Gasteiger partial charge in [-0.15, -0.1) is 0 Å². The van der Waals surface area contributed by atoms with Crippen LogP contribution < -0.4 is 4.72 Å². The third-order valence-electron chi connectivity index (χ3n) is 0.546. The van der Waals surface area contributed by atoms with E-state index < -0.39 is 0 Å². The van der Waals surface area contributed by atoms with Crippen molar-refractivity contribution in [3.05, 3.63) is 22.7 Å². The third-order valence-corrected chi connectivity index (χ3v) is 1.51. The van der Waals surface area contributed by atoms with Crippen molar-refractivity contribution in [2.45, 2.75) is 0 Å². The Kier molecular flexibility index (Phi) is 1.65. The van der Waals surface area contributed by atoms with Crippen molar-refractivity contribution in [1.29, 1.82) is 0 Å². The molecule has 1 aliphatic heterocycles. The van der Waals surface area contributed by atoms with Gasteiger partial charge in [0.2, 0.25) is 0 Å². The highest BCUT2D eigenvalue weighted by Crippen LogP contribution is 2.09. The van der Waals surface area contributed by atoms with Crippen LogP contribution in [0.25, 0.3) is 0 Å². The number of hydrogen-bond acceptors (Lipinski definition) is 2. The standard InChI is InChI=1S/C4H4ClNS/c5-4-2-1-3-7-6-4/h1-3,6H. The average molecular weight is 134 g/mol. The first-order chi connectivity index (χ1) is 3.39. The molecule has 1 N–H and O–H groups in total. The molecule has 0 bridgehead atoms. The first-order valence-electron chi connectivity index (χ1n) is 1.83. The Balaban J connectivity index is 2.57. The fourth-order valence-electron chi connectivity index (χ4n) is 0.287. The smallest absolute Gasteiger partial charge is 0.112 e. The molecule has 1 nitrogen and oxygen atoms in total. The Hall–Kier alpha value is -0.0800. The minimum atomic E-state index is 0.688. The molecule has 1 heterocycles. The molecule has 7 heavy (non-hydrogen) atoms. The van der Waals surface area contributed by atoms with Gasteiger partial charge in [0.1, 0.15) is 5.16 Å². The van der Waals surface area contributed by atoms with Gasteiger partial charge in [-0.2, -0.15) is 0 Å². The number of halogens is 1. The van der Waals surface area contributed by atoms with E-state index in [1.54, 1.807) is 6.08 Å². The fourth-order valence-corrected chi connectivity index (χ4v) is 0.900. The maximum atomic E-state index is 5.49. The lowest BCUT2D eigenvalue weighted by molar-refractivity contribution is 1.36. The van der Waals surface area contributed by atoms with Crippen molar-refractivity contribution in [3.8, 4) is 0 Å². The number of allylic oxidation sites excluding steroid dienone is 2. The van der Waals surface area contributed by atoms with Crippen molar-refractivity contribution >= 4 is 23.5 Å². The molecule has 0 fully saturated rings. The zero-order valence-electron chi connectivity index (χ0n) is 3.52. The van der Waals surface area contributed by atoms with Crippen molar-refractivity contribution in [1.82, 2.24) is 4.72 Å². The molecule has 3 heteroatoms. The van der Waals surface area contributed by atoms with Crippen molar-refractivity contribution in [2.75, 3.05) is 0 Å². The molecule has 38 valence electrons. The summed E-state index contributed by atoms with van der Waals surface area (Å²) < 4.78 is 2.84. The summed E-state index contributed by atoms with van der Waals surface area (Å²) in [5, 5.41) is 2.61. The van der Waals surface area contributed by atoms with Gasteiger partial charge in [-0.1, -0.05) is 17.7 Å². The van der Waals surface area contributed by atoms with Crippen LogP contribution in [0.1, 0.15) is 0 Å². The fraction of sp³-hybridized carbons (Fsp3) is 0. The van der Waals surface area contributed by atoms with Gasteiger partial charge >= 0.3 is 0 Å². The van der Waals surface area contributed by atoms with Crippen LogP contribution in [-0.4, -0.2) is 0 Å². The maximum absolute atomic E-state index is 5.49. The minimum Gasteiger partial charge on any atom is -0.317 e. The molecule has 0 aromatic carbocycles. The van der Waals surface area contributed by atoms with Gasteiger partial charge < -0.3 is 4.72 Å². The lowest BCUT2D eigenvalue weighted by Gasteiger charge is -2.00. The van der Waals surface area contributed by atoms with Gasteiger partial charge in [-0.3, -0.25) is 0 Å². The molecule has 0 aromatic heterocycles. The summed E-state index contributed by atoms with van der Waals surface area (Å²) in [6.07, 6.45) is 3.70. The van der Waals surface area contributed by atoms with Crippen LogP contribution in [0.3, 0.4) is 0 Å². The van der Waals surface area contributed by atoms with Crippen LogP contribution in [-0.2, 0) is 0 Å². The molecular weight excluding hydrogens is 130 g/mol. The Morgan fingerprint density at radius 3 is 2.86 bits per heavy atom. The van der Waals surface area contributed by atoms with E-state index in [1.807, 2.05) is 11.5 Å². The van der Waals surface area contributed by atoms with Gasteiger partial charge in [0.05, 0.1) is 0 Å². The molecule has 0 radical (unpaired) electrons. The van der Waals surface area contributed by atoms with Gasteiger partial charge in [0, 0.05) is 0 Å². The van der Waals surface area contributed by atoms with Gasteiger partial charge in [-0.25, -0.2) is 0 Å². The maximum Gasteiger partial charge on any atom is 0.112 e. The van der Waals surface area contributed by atoms with Crippen molar-refractivity contribution in [3.63, 3.8) is 0 Å². The first-order valence-corrected chi connectivity index (χ1v) is 3.09. The lowest BCUT2D eigenvalue weighted by Crippen LogP contribution is -1.96. The van der Waals surface area contributed by atoms with Crippen molar-refractivity contribution in [2.24, 2.45) is 0 Å². The SMILES string of the molecule is ClC1=CC=CSN1. The highest BCUT2D eigenvalue weighted by molar-refractivity contribution is 8.00. The molecule has 0 spiro atoms. The minimum absolute atomic E-state index is 0.688. The van der Waals surface area contributed by atoms with E-state index in [9.17, 15) is 0 Å². The molecule has 0 saturated heterocycles. The second-order valence-corrected chi connectivity index (χ2v) is 2.18. The first kappa shape index (κ1) is 5.06. The van der Waals surface area contributed by atoms with E-state index in [-0.39, 0.29) is 0 Å². The van der Waals surface area contributed by atoms with Crippen LogP contribution in [0.5, 0.6) is 0 Å². The molecule has 1 aliphatic rings. The summed E-state index contributed by atoms with van der Waals surface area (Å²) in [5.41, 5.74) is 0. The zero-order valence-corrected chi connectivity index (χ0v) is 5.09. The zero-order chi connectivity index (χ0) is 5.11. The average Bonchev–Trinajstić information content (AvgIpc) is 1.69. The summed E-state index contributed by atoms with van der Waals surface area (Å²) in [5.74, 6) is 0. The number of nitrogens with one attached hydrogen (secondary N) is 1. The lowest BCUT2D eigenvalue weighted by atomic mass is 10.6. The largest absolute Gasteiger partial charge is 0.317 e. The van der Waals surface area contributed by atoms with Crippen LogP contribution in [0.2, 0.25) is 0 Å². The van der Waals surface area contributed by atoms with E-state index >= 15 is 0 Å². The Morgan fingerprint density at radius 2 is 2.57 bits per heavy atom.